The minimum atomic E-state index is 0. The van der Waals surface area contributed by atoms with E-state index in [0.29, 0.717) is 0 Å². The molecule has 2 saturated carbocycles. The maximum absolute atomic E-state index is 1.58. The van der Waals surface area contributed by atoms with Crippen molar-refractivity contribution in [3.8, 4) is 0 Å². The Kier molecular flexibility index (Phi) is 3.23. The Bertz CT molecular complexity index is 62.5. The van der Waals surface area contributed by atoms with Gasteiger partial charge in [0.15, 0.2) is 0 Å². The van der Waals surface area contributed by atoms with Crippen LogP contribution >= 0.6 is 0 Å². The van der Waals surface area contributed by atoms with Crippen molar-refractivity contribution in [2.45, 2.75) is 32.1 Å². The number of hydrogen-bond acceptors (Lipinski definition) is 0. The summed E-state index contributed by atoms with van der Waals surface area (Å²) in [5.41, 5.74) is 0. The number of fused-ring (bicyclic) bond motifs is 2. The summed E-state index contributed by atoms with van der Waals surface area (Å²) < 4.78 is 0. The van der Waals surface area contributed by atoms with Crippen molar-refractivity contribution in [3.05, 3.63) is 0 Å². The number of hydrogen-bond donors (Lipinski definition) is 0. The molecular formula is C7H13Rb. The Morgan fingerprint density at radius 3 is 1.25 bits per heavy atom. The zero-order valence-corrected chi connectivity index (χ0v) is 4.69. The number of rotatable bonds is 0. The van der Waals surface area contributed by atoms with Crippen LogP contribution in [-0.2, 0) is 0 Å². The Labute approximate surface area is 100 Å². The van der Waals surface area contributed by atoms with Crippen LogP contribution < -0.4 is 0 Å². The Hall–Kier alpha value is 1.81. The van der Waals surface area contributed by atoms with E-state index in [1.807, 2.05) is 0 Å². The molecule has 0 N–H and O–H groups in total. The molecule has 8 heavy (non-hydrogen) atoms. The molecule has 42 valence electrons. The molecule has 0 unspecified atom stereocenters. The van der Waals surface area contributed by atoms with E-state index in [1.54, 1.807) is 32.1 Å². The summed E-state index contributed by atoms with van der Waals surface area (Å²) in [7, 11) is 0. The van der Waals surface area contributed by atoms with Crippen LogP contribution in [0.5, 0.6) is 0 Å². The zero-order valence-electron chi connectivity index (χ0n) is 4.69. The fraction of sp³-hybridized carbons (Fsp3) is 1.00. The second kappa shape index (κ2) is 3.27. The van der Waals surface area contributed by atoms with Crippen LogP contribution in [0, 0.1) is 11.8 Å². The summed E-state index contributed by atoms with van der Waals surface area (Å²) in [6.45, 7) is 0. The molecule has 0 aromatic heterocycles. The summed E-state index contributed by atoms with van der Waals surface area (Å²) in [6.07, 6.45) is 7.82. The zero-order chi connectivity index (χ0) is 4.69. The van der Waals surface area contributed by atoms with Gasteiger partial charge in [0, 0.05) is 0 Å². The van der Waals surface area contributed by atoms with Crippen molar-refractivity contribution in [2.75, 3.05) is 0 Å². The Balaban J connectivity index is 0.000000320. The molecule has 0 radical (unpaired) electrons. The molecule has 0 aromatic rings. The van der Waals surface area contributed by atoms with E-state index in [1.165, 1.54) is 11.8 Å². The monoisotopic (exact) mass is 182 g/mol. The predicted molar refractivity (Wildman–Crippen MR) is 37.2 cm³/mol. The summed E-state index contributed by atoms with van der Waals surface area (Å²) in [4.78, 5) is 0. The second-order valence-corrected chi connectivity index (χ2v) is 3.12. The van der Waals surface area contributed by atoms with Gasteiger partial charge in [0.2, 0.25) is 0 Å². The van der Waals surface area contributed by atoms with Crippen LogP contribution in [0.3, 0.4) is 0 Å². The average Bonchev–Trinajstić information content (AvgIpc) is 2.22. The van der Waals surface area contributed by atoms with Gasteiger partial charge in [-0.25, -0.2) is 0 Å². The van der Waals surface area contributed by atoms with Crippen molar-refractivity contribution in [3.63, 3.8) is 0 Å². The van der Waals surface area contributed by atoms with Crippen LogP contribution in [0.4, 0.5) is 0 Å². The van der Waals surface area contributed by atoms with Gasteiger partial charge >= 0.3 is 58.2 Å². The van der Waals surface area contributed by atoms with E-state index < -0.39 is 0 Å². The molecule has 0 saturated heterocycles. The molecule has 1 heteroatoms. The van der Waals surface area contributed by atoms with Crippen LogP contribution in [0.15, 0.2) is 0 Å². The third-order valence-corrected chi connectivity index (χ3v) is 2.63. The first-order valence-corrected chi connectivity index (χ1v) is 3.45. The first-order valence-electron chi connectivity index (χ1n) is 3.45. The Morgan fingerprint density at radius 1 is 0.750 bits per heavy atom. The van der Waals surface area contributed by atoms with E-state index in [9.17, 15) is 0 Å². The van der Waals surface area contributed by atoms with E-state index in [-0.39, 0.29) is 58.2 Å². The van der Waals surface area contributed by atoms with Crippen molar-refractivity contribution < 1.29 is 0 Å². The maximum atomic E-state index is 1.58. The van der Waals surface area contributed by atoms with E-state index in [0.717, 1.165) is 0 Å². The van der Waals surface area contributed by atoms with Gasteiger partial charge in [0.25, 0.3) is 0 Å². The van der Waals surface area contributed by atoms with Gasteiger partial charge in [-0.3, -0.25) is 0 Å². The molecule has 2 bridgehead atoms. The molecule has 0 nitrogen and oxygen atoms in total. The van der Waals surface area contributed by atoms with E-state index in [2.05, 4.69) is 0 Å². The van der Waals surface area contributed by atoms with E-state index >= 15 is 0 Å². The molecule has 0 spiro atoms. The third kappa shape index (κ3) is 1.45. The van der Waals surface area contributed by atoms with Gasteiger partial charge < -0.3 is 0 Å². The van der Waals surface area contributed by atoms with Crippen molar-refractivity contribution in [2.24, 2.45) is 11.8 Å². The normalized spacial score (nSPS) is 42.0. The molecule has 0 atom stereocenters. The van der Waals surface area contributed by atoms with Crippen molar-refractivity contribution >= 4 is 58.2 Å². The topological polar surface area (TPSA) is 0 Å². The average molecular weight is 183 g/mol. The minimum absolute atomic E-state index is 0. The van der Waals surface area contributed by atoms with Crippen molar-refractivity contribution in [1.82, 2.24) is 0 Å². The van der Waals surface area contributed by atoms with Gasteiger partial charge in [-0.2, -0.15) is 0 Å². The molecule has 2 fully saturated rings. The summed E-state index contributed by atoms with van der Waals surface area (Å²) in [5.74, 6) is 2.34. The second-order valence-electron chi connectivity index (χ2n) is 3.12. The molecule has 0 aliphatic heterocycles. The fourth-order valence-electron chi connectivity index (χ4n) is 2.17. The van der Waals surface area contributed by atoms with Gasteiger partial charge in [0.05, 0.1) is 0 Å². The fourth-order valence-corrected chi connectivity index (χ4v) is 2.17. The quantitative estimate of drug-likeness (QED) is 0.533. The molecule has 0 amide bonds. The molecule has 0 heterocycles. The standard InChI is InChI=1S/C7H12.Rb.H/c1-2-7-4-3-6(1)5-7;;/h6-7H,1-5H2;;. The molecule has 2 aliphatic carbocycles. The predicted octanol–water partition coefficient (Wildman–Crippen LogP) is 1.55. The van der Waals surface area contributed by atoms with Gasteiger partial charge in [-0.15, -0.1) is 0 Å². The molecular weight excluding hydrogens is 170 g/mol. The van der Waals surface area contributed by atoms with Gasteiger partial charge in [0.1, 0.15) is 0 Å². The Morgan fingerprint density at radius 2 is 1.12 bits per heavy atom. The summed E-state index contributed by atoms with van der Waals surface area (Å²) in [5, 5.41) is 0. The summed E-state index contributed by atoms with van der Waals surface area (Å²) in [6, 6.07) is 0. The van der Waals surface area contributed by atoms with Crippen molar-refractivity contribution in [1.29, 1.82) is 0 Å². The SMILES string of the molecule is C1CC2CCC1C2.[RbH]. The molecule has 0 aromatic carbocycles. The van der Waals surface area contributed by atoms with Crippen LogP contribution in [-0.4, -0.2) is 58.2 Å². The molecule has 2 rings (SSSR count). The van der Waals surface area contributed by atoms with Crippen LogP contribution in [0.2, 0.25) is 0 Å². The van der Waals surface area contributed by atoms with Crippen LogP contribution in [0.25, 0.3) is 0 Å². The van der Waals surface area contributed by atoms with E-state index in [4.69, 9.17) is 0 Å². The third-order valence-electron chi connectivity index (χ3n) is 2.63. The van der Waals surface area contributed by atoms with Gasteiger partial charge in [-0.1, -0.05) is 25.7 Å². The summed E-state index contributed by atoms with van der Waals surface area (Å²) >= 11 is 0. The first-order chi connectivity index (χ1) is 3.45. The van der Waals surface area contributed by atoms with Crippen LogP contribution in [0.1, 0.15) is 32.1 Å². The molecule has 2 aliphatic rings. The van der Waals surface area contributed by atoms with Gasteiger partial charge in [-0.05, 0) is 18.3 Å². The first kappa shape index (κ1) is 7.91.